The summed E-state index contributed by atoms with van der Waals surface area (Å²) >= 11 is 0. The van der Waals surface area contributed by atoms with E-state index >= 15 is 0 Å². The van der Waals surface area contributed by atoms with Gasteiger partial charge in [-0.15, -0.1) is 0 Å². The van der Waals surface area contributed by atoms with Crippen LogP contribution in [-0.2, 0) is 4.74 Å². The quantitative estimate of drug-likeness (QED) is 0.731. The topological polar surface area (TPSA) is 29.5 Å². The molecule has 2 nitrogen and oxygen atoms in total. The molecule has 0 radical (unpaired) electrons. The Balaban J connectivity index is -0.000000180. The van der Waals surface area contributed by atoms with Crippen LogP contribution in [0.2, 0.25) is 0 Å². The summed E-state index contributed by atoms with van der Waals surface area (Å²) in [6, 6.07) is 0. The lowest BCUT2D eigenvalue weighted by Gasteiger charge is -2.16. The van der Waals surface area contributed by atoms with Crippen LogP contribution in [0.1, 0.15) is 74.7 Å². The Morgan fingerprint density at radius 3 is 1.47 bits per heavy atom. The lowest BCUT2D eigenvalue weighted by Crippen LogP contribution is -2.15. The second kappa shape index (κ2) is 15.9. The molecule has 1 aliphatic rings. The van der Waals surface area contributed by atoms with Crippen LogP contribution in [0.25, 0.3) is 0 Å². The highest BCUT2D eigenvalue weighted by Crippen LogP contribution is 2.11. The van der Waals surface area contributed by atoms with E-state index in [1.807, 2.05) is 34.6 Å². The van der Waals surface area contributed by atoms with Crippen LogP contribution >= 0.6 is 0 Å². The molecular formula is C15H36O2. The first-order valence-electron chi connectivity index (χ1n) is 7.26. The van der Waals surface area contributed by atoms with Crippen molar-refractivity contribution in [1.82, 2.24) is 0 Å². The molecule has 1 saturated heterocycles. The summed E-state index contributed by atoms with van der Waals surface area (Å²) in [6.45, 7) is 17.8. The SMILES string of the molecule is CC.CC.CC1CCOCC1.CCC(C)(C)O. The molecule has 0 amide bonds. The van der Waals surface area contributed by atoms with Crippen molar-refractivity contribution in [2.75, 3.05) is 13.2 Å². The maximum atomic E-state index is 8.83. The zero-order chi connectivity index (χ0) is 14.3. The lowest BCUT2D eigenvalue weighted by molar-refractivity contribution is 0.0715. The predicted octanol–water partition coefficient (Wildman–Crippen LogP) is 4.65. The molecule has 1 N–H and O–H groups in total. The van der Waals surface area contributed by atoms with Crippen LogP contribution in [0.3, 0.4) is 0 Å². The highest BCUT2D eigenvalue weighted by molar-refractivity contribution is 4.59. The maximum Gasteiger partial charge on any atom is 0.0589 e. The standard InChI is InChI=1S/C6H12O.C5H12O.2C2H6/c1-6-2-4-7-5-3-6;1-4-5(2,3)6;2*1-2/h6H,2-5H2,1H3;6H,4H2,1-3H3;2*1-2H3. The van der Waals surface area contributed by atoms with Gasteiger partial charge >= 0.3 is 0 Å². The van der Waals surface area contributed by atoms with E-state index in [0.29, 0.717) is 0 Å². The maximum absolute atomic E-state index is 8.83. The first kappa shape index (κ1) is 22.1. The van der Waals surface area contributed by atoms with Gasteiger partial charge in [0.05, 0.1) is 5.60 Å². The van der Waals surface area contributed by atoms with Gasteiger partial charge < -0.3 is 9.84 Å². The Bertz CT molecular complexity index is 111. The van der Waals surface area contributed by atoms with Crippen molar-refractivity contribution in [3.8, 4) is 0 Å². The van der Waals surface area contributed by atoms with Crippen molar-refractivity contribution in [1.29, 1.82) is 0 Å². The van der Waals surface area contributed by atoms with E-state index in [4.69, 9.17) is 9.84 Å². The molecule has 0 saturated carbocycles. The molecule has 108 valence electrons. The highest BCUT2D eigenvalue weighted by atomic mass is 16.5. The second-order valence-electron chi connectivity index (χ2n) is 4.46. The number of hydrogen-bond donors (Lipinski definition) is 1. The van der Waals surface area contributed by atoms with E-state index in [0.717, 1.165) is 25.6 Å². The van der Waals surface area contributed by atoms with Crippen LogP contribution in [-0.4, -0.2) is 23.9 Å². The summed E-state index contributed by atoms with van der Waals surface area (Å²) in [5, 5.41) is 8.83. The molecule has 0 aliphatic carbocycles. The number of rotatable bonds is 1. The molecule has 0 unspecified atom stereocenters. The Kier molecular flexibility index (Phi) is 20.7. The van der Waals surface area contributed by atoms with E-state index in [1.54, 1.807) is 13.8 Å². The Labute approximate surface area is 110 Å². The molecule has 17 heavy (non-hydrogen) atoms. The Morgan fingerprint density at radius 2 is 1.35 bits per heavy atom. The fourth-order valence-corrected chi connectivity index (χ4v) is 0.815. The van der Waals surface area contributed by atoms with Gasteiger partial charge in [0.1, 0.15) is 0 Å². The molecule has 0 aromatic carbocycles. The third kappa shape index (κ3) is 25.9. The van der Waals surface area contributed by atoms with E-state index in [2.05, 4.69) is 6.92 Å². The van der Waals surface area contributed by atoms with E-state index in [9.17, 15) is 0 Å². The predicted molar refractivity (Wildman–Crippen MR) is 78.5 cm³/mol. The number of hydrogen-bond acceptors (Lipinski definition) is 2. The van der Waals surface area contributed by atoms with E-state index in [-0.39, 0.29) is 0 Å². The summed E-state index contributed by atoms with van der Waals surface area (Å²) in [7, 11) is 0. The van der Waals surface area contributed by atoms with Crippen molar-refractivity contribution in [2.45, 2.75) is 80.3 Å². The largest absolute Gasteiger partial charge is 0.390 e. The lowest BCUT2D eigenvalue weighted by atomic mass is 10.0. The minimum atomic E-state index is -0.458. The minimum Gasteiger partial charge on any atom is -0.390 e. The summed E-state index contributed by atoms with van der Waals surface area (Å²) in [4.78, 5) is 0. The molecule has 0 aromatic heterocycles. The van der Waals surface area contributed by atoms with Crippen molar-refractivity contribution in [3.63, 3.8) is 0 Å². The van der Waals surface area contributed by atoms with Gasteiger partial charge in [-0.25, -0.2) is 0 Å². The average Bonchev–Trinajstić information content (AvgIpc) is 2.35. The van der Waals surface area contributed by atoms with Crippen LogP contribution in [0.5, 0.6) is 0 Å². The van der Waals surface area contributed by atoms with Gasteiger partial charge in [-0.05, 0) is 39.0 Å². The minimum absolute atomic E-state index is 0.458. The van der Waals surface area contributed by atoms with Gasteiger partial charge in [-0.3, -0.25) is 0 Å². The van der Waals surface area contributed by atoms with Crippen LogP contribution < -0.4 is 0 Å². The van der Waals surface area contributed by atoms with Crippen LogP contribution in [0, 0.1) is 5.92 Å². The molecule has 0 aromatic rings. The van der Waals surface area contributed by atoms with Crippen molar-refractivity contribution in [2.24, 2.45) is 5.92 Å². The Morgan fingerprint density at radius 1 is 1.06 bits per heavy atom. The second-order valence-corrected chi connectivity index (χ2v) is 4.46. The zero-order valence-corrected chi connectivity index (χ0v) is 13.5. The first-order chi connectivity index (χ1) is 7.95. The fourth-order valence-electron chi connectivity index (χ4n) is 0.815. The fraction of sp³-hybridized carbons (Fsp3) is 1.00. The summed E-state index contributed by atoms with van der Waals surface area (Å²) in [6.07, 6.45) is 3.35. The van der Waals surface area contributed by atoms with Gasteiger partial charge in [0.15, 0.2) is 0 Å². The van der Waals surface area contributed by atoms with Gasteiger partial charge in [-0.2, -0.15) is 0 Å². The molecule has 1 aliphatic heterocycles. The normalized spacial score (nSPS) is 15.4. The Hall–Kier alpha value is -0.0800. The molecule has 0 spiro atoms. The number of aliphatic hydroxyl groups is 1. The summed E-state index contributed by atoms with van der Waals surface area (Å²) in [5.41, 5.74) is -0.458. The van der Waals surface area contributed by atoms with Gasteiger partial charge in [0, 0.05) is 13.2 Å². The average molecular weight is 248 g/mol. The van der Waals surface area contributed by atoms with Crippen molar-refractivity contribution in [3.05, 3.63) is 0 Å². The van der Waals surface area contributed by atoms with Crippen LogP contribution in [0.4, 0.5) is 0 Å². The molecule has 2 heteroatoms. The van der Waals surface area contributed by atoms with Gasteiger partial charge in [0.25, 0.3) is 0 Å². The van der Waals surface area contributed by atoms with E-state index < -0.39 is 5.60 Å². The van der Waals surface area contributed by atoms with Crippen molar-refractivity contribution >= 4 is 0 Å². The summed E-state index contributed by atoms with van der Waals surface area (Å²) < 4.78 is 5.14. The molecular weight excluding hydrogens is 212 g/mol. The molecule has 0 bridgehead atoms. The van der Waals surface area contributed by atoms with E-state index in [1.165, 1.54) is 12.8 Å². The van der Waals surface area contributed by atoms with Crippen molar-refractivity contribution < 1.29 is 9.84 Å². The van der Waals surface area contributed by atoms with Gasteiger partial charge in [-0.1, -0.05) is 41.5 Å². The third-order valence-electron chi connectivity index (χ3n) is 2.38. The monoisotopic (exact) mass is 248 g/mol. The number of ether oxygens (including phenoxy) is 1. The zero-order valence-electron chi connectivity index (χ0n) is 13.5. The van der Waals surface area contributed by atoms with Gasteiger partial charge in [0.2, 0.25) is 0 Å². The third-order valence-corrected chi connectivity index (χ3v) is 2.38. The molecule has 1 heterocycles. The first-order valence-corrected chi connectivity index (χ1v) is 7.26. The highest BCUT2D eigenvalue weighted by Gasteiger charge is 2.06. The summed E-state index contributed by atoms with van der Waals surface area (Å²) in [5.74, 6) is 0.911. The molecule has 0 atom stereocenters. The smallest absolute Gasteiger partial charge is 0.0589 e. The molecule has 1 rings (SSSR count). The van der Waals surface area contributed by atoms with Crippen LogP contribution in [0.15, 0.2) is 0 Å². The molecule has 1 fully saturated rings.